The van der Waals surface area contributed by atoms with Crippen LogP contribution in [0.4, 0.5) is 11.4 Å². The zero-order chi connectivity index (χ0) is 22.3. The van der Waals surface area contributed by atoms with Gasteiger partial charge in [-0.25, -0.2) is 4.98 Å². The predicted molar refractivity (Wildman–Crippen MR) is 131 cm³/mol. The second-order valence-electron chi connectivity index (χ2n) is 8.59. The number of anilines is 2. The standard InChI is InChI=1S/C23H27N5O2S2/c1-15-11-17(14-25-19(15)12-24)27-21(29)23(7-2-8-23)28(22(27)31)16-3-4-20(26-13-16)30-18-5-9-32-10-6-18/h3-4,11,13-14,18H,2,5-10,12,24H2,1H3. The van der Waals surface area contributed by atoms with Crippen molar-refractivity contribution in [3.63, 3.8) is 0 Å². The largest absolute Gasteiger partial charge is 0.474 e. The van der Waals surface area contributed by atoms with Crippen LogP contribution in [-0.4, -0.2) is 44.1 Å². The zero-order valence-electron chi connectivity index (χ0n) is 18.1. The number of nitrogens with zero attached hydrogens (tertiary/aromatic N) is 4. The lowest BCUT2D eigenvalue weighted by atomic mass is 9.75. The highest BCUT2D eigenvalue weighted by atomic mass is 32.2. The molecule has 0 radical (unpaired) electrons. The van der Waals surface area contributed by atoms with Crippen molar-refractivity contribution in [2.24, 2.45) is 5.73 Å². The van der Waals surface area contributed by atoms with Gasteiger partial charge in [-0.05, 0) is 80.4 Å². The first-order valence-corrected chi connectivity index (χ1v) is 12.6. The van der Waals surface area contributed by atoms with Gasteiger partial charge in [0, 0.05) is 12.6 Å². The molecule has 3 fully saturated rings. The van der Waals surface area contributed by atoms with Crippen LogP contribution in [0.1, 0.15) is 43.4 Å². The molecule has 2 N–H and O–H groups in total. The van der Waals surface area contributed by atoms with E-state index in [1.807, 2.05) is 41.8 Å². The molecule has 168 valence electrons. The van der Waals surface area contributed by atoms with Gasteiger partial charge < -0.3 is 15.4 Å². The molecule has 2 aromatic heterocycles. The number of thiocarbonyl (C=S) groups is 1. The average Bonchev–Trinajstić information content (AvgIpc) is 3.02. The summed E-state index contributed by atoms with van der Waals surface area (Å²) in [7, 11) is 0. The molecule has 1 saturated carbocycles. The second-order valence-corrected chi connectivity index (χ2v) is 10.2. The molecule has 9 heteroatoms. The summed E-state index contributed by atoms with van der Waals surface area (Å²) >= 11 is 7.81. The molecule has 2 aliphatic heterocycles. The van der Waals surface area contributed by atoms with Crippen molar-refractivity contribution in [1.82, 2.24) is 9.97 Å². The van der Waals surface area contributed by atoms with E-state index in [1.54, 1.807) is 17.3 Å². The minimum Gasteiger partial charge on any atom is -0.474 e. The van der Waals surface area contributed by atoms with Crippen LogP contribution in [-0.2, 0) is 11.3 Å². The van der Waals surface area contributed by atoms with Crippen molar-refractivity contribution in [3.8, 4) is 5.88 Å². The normalized spacial score (nSPS) is 20.7. The lowest BCUT2D eigenvalue weighted by molar-refractivity contribution is -0.123. The Hall–Kier alpha value is -2.23. The van der Waals surface area contributed by atoms with Gasteiger partial charge in [-0.2, -0.15) is 11.8 Å². The topological polar surface area (TPSA) is 84.6 Å². The summed E-state index contributed by atoms with van der Waals surface area (Å²) in [5.74, 6) is 2.90. The minimum absolute atomic E-state index is 0.00970. The summed E-state index contributed by atoms with van der Waals surface area (Å²) < 4.78 is 6.07. The van der Waals surface area contributed by atoms with E-state index < -0.39 is 5.54 Å². The number of rotatable bonds is 5. The number of pyridine rings is 2. The van der Waals surface area contributed by atoms with Gasteiger partial charge in [0.1, 0.15) is 11.6 Å². The van der Waals surface area contributed by atoms with Gasteiger partial charge in [0.05, 0.1) is 29.5 Å². The van der Waals surface area contributed by atoms with Crippen LogP contribution < -0.4 is 20.3 Å². The summed E-state index contributed by atoms with van der Waals surface area (Å²) in [6.45, 7) is 2.31. The minimum atomic E-state index is -0.637. The van der Waals surface area contributed by atoms with Crippen molar-refractivity contribution in [1.29, 1.82) is 0 Å². The van der Waals surface area contributed by atoms with Gasteiger partial charge >= 0.3 is 0 Å². The lowest BCUT2D eigenvalue weighted by Crippen LogP contribution is -2.55. The Morgan fingerprint density at radius 3 is 2.56 bits per heavy atom. The first kappa shape index (κ1) is 21.6. The van der Waals surface area contributed by atoms with E-state index in [1.165, 1.54) is 0 Å². The van der Waals surface area contributed by atoms with Gasteiger partial charge in [0.15, 0.2) is 5.11 Å². The molecule has 2 aromatic rings. The molecule has 0 atom stereocenters. The van der Waals surface area contributed by atoms with Crippen LogP contribution >= 0.6 is 24.0 Å². The smallest absolute Gasteiger partial charge is 0.259 e. The average molecular weight is 470 g/mol. The molecule has 3 aliphatic rings. The van der Waals surface area contributed by atoms with Crippen LogP contribution in [0.2, 0.25) is 0 Å². The molecular weight excluding hydrogens is 442 g/mol. The molecule has 1 aliphatic carbocycles. The van der Waals surface area contributed by atoms with E-state index in [0.717, 1.165) is 60.6 Å². The molecule has 5 rings (SSSR count). The fraction of sp³-hybridized carbons (Fsp3) is 0.478. The van der Waals surface area contributed by atoms with Crippen LogP contribution in [0.5, 0.6) is 5.88 Å². The Kier molecular flexibility index (Phi) is 5.81. The highest BCUT2D eigenvalue weighted by molar-refractivity contribution is 7.99. The number of ether oxygens (including phenoxy) is 1. The zero-order valence-corrected chi connectivity index (χ0v) is 19.8. The van der Waals surface area contributed by atoms with Crippen LogP contribution in [0.3, 0.4) is 0 Å². The van der Waals surface area contributed by atoms with Crippen LogP contribution in [0.25, 0.3) is 0 Å². The Balaban J connectivity index is 1.42. The SMILES string of the molecule is Cc1cc(N2C(=O)C3(CCC3)N(c3ccc(OC4CCSCC4)nc3)C2=S)cnc1CN. The van der Waals surface area contributed by atoms with Crippen molar-refractivity contribution in [2.45, 2.75) is 57.2 Å². The molecule has 0 unspecified atom stereocenters. The number of hydrogen-bond donors (Lipinski definition) is 1. The predicted octanol–water partition coefficient (Wildman–Crippen LogP) is 3.58. The summed E-state index contributed by atoms with van der Waals surface area (Å²) in [6, 6.07) is 5.79. The van der Waals surface area contributed by atoms with E-state index in [0.29, 0.717) is 23.2 Å². The first-order valence-electron chi connectivity index (χ1n) is 11.1. The second kappa shape index (κ2) is 8.61. The van der Waals surface area contributed by atoms with Crippen molar-refractivity contribution in [2.75, 3.05) is 21.3 Å². The van der Waals surface area contributed by atoms with Crippen molar-refractivity contribution in [3.05, 3.63) is 41.9 Å². The summed E-state index contributed by atoms with van der Waals surface area (Å²) in [5, 5.41) is 0.469. The quantitative estimate of drug-likeness (QED) is 0.665. The third-order valence-corrected chi connectivity index (χ3v) is 8.06. The monoisotopic (exact) mass is 469 g/mol. The molecule has 7 nitrogen and oxygen atoms in total. The van der Waals surface area contributed by atoms with E-state index in [4.69, 9.17) is 22.7 Å². The highest BCUT2D eigenvalue weighted by Gasteiger charge is 2.59. The van der Waals surface area contributed by atoms with Crippen molar-refractivity contribution < 1.29 is 9.53 Å². The number of thioether (sulfide) groups is 1. The summed E-state index contributed by atoms with van der Waals surface area (Å²) in [4.78, 5) is 26.2. The fourth-order valence-electron chi connectivity index (χ4n) is 4.67. The van der Waals surface area contributed by atoms with Crippen LogP contribution in [0, 0.1) is 6.92 Å². The number of hydrogen-bond acceptors (Lipinski definition) is 7. The van der Waals surface area contributed by atoms with Gasteiger partial charge in [-0.3, -0.25) is 14.7 Å². The fourth-order valence-corrected chi connectivity index (χ4v) is 6.20. The third-order valence-electron chi connectivity index (χ3n) is 6.65. The summed E-state index contributed by atoms with van der Waals surface area (Å²) in [6.07, 6.45) is 8.33. The van der Waals surface area contributed by atoms with Gasteiger partial charge in [-0.1, -0.05) is 0 Å². The Morgan fingerprint density at radius 2 is 1.97 bits per heavy atom. The van der Waals surface area contributed by atoms with Crippen molar-refractivity contribution >= 4 is 46.4 Å². The maximum atomic E-state index is 13.6. The molecular formula is C23H27N5O2S2. The Morgan fingerprint density at radius 1 is 1.22 bits per heavy atom. The molecule has 1 spiro atoms. The number of carbonyl (C=O) groups excluding carboxylic acids is 1. The van der Waals surface area contributed by atoms with Gasteiger partial charge in [0.25, 0.3) is 5.91 Å². The first-order chi connectivity index (χ1) is 15.5. The molecule has 32 heavy (non-hydrogen) atoms. The molecule has 2 saturated heterocycles. The maximum Gasteiger partial charge on any atom is 0.259 e. The summed E-state index contributed by atoms with van der Waals surface area (Å²) in [5.41, 5.74) is 8.39. The number of nitrogens with two attached hydrogens (primary N) is 1. The number of amides is 1. The molecule has 4 heterocycles. The van der Waals surface area contributed by atoms with Gasteiger partial charge in [0.2, 0.25) is 5.88 Å². The Bertz CT molecular complexity index is 1040. The maximum absolute atomic E-state index is 13.6. The number of aromatic nitrogens is 2. The van der Waals surface area contributed by atoms with Gasteiger partial charge in [-0.15, -0.1) is 0 Å². The Labute approximate surface area is 197 Å². The van der Waals surface area contributed by atoms with E-state index in [9.17, 15) is 4.79 Å². The van der Waals surface area contributed by atoms with Crippen LogP contribution in [0.15, 0.2) is 30.6 Å². The van der Waals surface area contributed by atoms with E-state index in [-0.39, 0.29) is 12.0 Å². The molecule has 1 amide bonds. The lowest BCUT2D eigenvalue weighted by Gasteiger charge is -2.42. The molecule has 0 aromatic carbocycles. The molecule has 0 bridgehead atoms. The van der Waals surface area contributed by atoms with E-state index >= 15 is 0 Å². The number of aryl methyl sites for hydroxylation is 1. The van der Waals surface area contributed by atoms with E-state index in [2.05, 4.69) is 9.97 Å². The third kappa shape index (κ3) is 3.56. The number of carbonyl (C=O) groups is 1. The highest BCUT2D eigenvalue weighted by Crippen LogP contribution is 2.47.